The topological polar surface area (TPSA) is 87.7 Å². The molecule has 0 bridgehead atoms. The van der Waals surface area contributed by atoms with Crippen molar-refractivity contribution in [1.29, 1.82) is 0 Å². The first-order valence-electron chi connectivity index (χ1n) is 9.06. The van der Waals surface area contributed by atoms with Crippen LogP contribution < -0.4 is 19.3 Å². The molecule has 0 unspecified atom stereocenters. The molecule has 0 radical (unpaired) electrons. The number of hydrogen-bond acceptors (Lipinski definition) is 7. The molecular weight excluding hydrogens is 385 g/mol. The van der Waals surface area contributed by atoms with Gasteiger partial charge in [0.1, 0.15) is 5.69 Å². The van der Waals surface area contributed by atoms with E-state index in [-0.39, 0.29) is 22.9 Å². The van der Waals surface area contributed by atoms with Crippen LogP contribution in [0.25, 0.3) is 0 Å². The molecule has 1 aromatic heterocycles. The first kappa shape index (κ1) is 20.1. The van der Waals surface area contributed by atoms with Crippen LogP contribution in [0.1, 0.15) is 19.8 Å². The van der Waals surface area contributed by atoms with Gasteiger partial charge in [0.2, 0.25) is 5.95 Å². The lowest BCUT2D eigenvalue weighted by Crippen LogP contribution is -2.24. The molecule has 10 heteroatoms. The van der Waals surface area contributed by atoms with Gasteiger partial charge in [0, 0.05) is 27.2 Å². The zero-order valence-corrected chi connectivity index (χ0v) is 17.0. The fourth-order valence-corrected chi connectivity index (χ4v) is 4.03. The maximum atomic E-state index is 14.1. The lowest BCUT2D eigenvalue weighted by atomic mass is 10.3. The molecule has 1 fully saturated rings. The number of nitrogens with one attached hydrogen (secondary N) is 1. The molecule has 1 aliphatic rings. The third kappa shape index (κ3) is 4.27. The van der Waals surface area contributed by atoms with E-state index in [4.69, 9.17) is 4.74 Å². The maximum Gasteiger partial charge on any atom is 0.262 e. The van der Waals surface area contributed by atoms with Crippen LogP contribution >= 0.6 is 0 Å². The van der Waals surface area contributed by atoms with E-state index in [1.165, 1.54) is 18.3 Å². The van der Waals surface area contributed by atoms with Crippen molar-refractivity contribution in [3.63, 3.8) is 0 Å². The average Bonchev–Trinajstić information content (AvgIpc) is 3.18. The molecule has 0 amide bonds. The van der Waals surface area contributed by atoms with Crippen LogP contribution in [0.2, 0.25) is 0 Å². The van der Waals surface area contributed by atoms with E-state index in [0.717, 1.165) is 32.0 Å². The first-order valence-corrected chi connectivity index (χ1v) is 10.5. The van der Waals surface area contributed by atoms with E-state index in [1.807, 2.05) is 0 Å². The zero-order chi connectivity index (χ0) is 20.3. The van der Waals surface area contributed by atoms with Gasteiger partial charge in [0.15, 0.2) is 17.4 Å². The Kier molecular flexibility index (Phi) is 5.87. The largest absolute Gasteiger partial charge is 0.491 e. The Morgan fingerprint density at radius 3 is 2.61 bits per heavy atom. The van der Waals surface area contributed by atoms with Crippen LogP contribution in [0, 0.1) is 5.82 Å². The molecule has 0 aliphatic carbocycles. The van der Waals surface area contributed by atoms with Gasteiger partial charge in [-0.15, -0.1) is 0 Å². The van der Waals surface area contributed by atoms with E-state index in [9.17, 15) is 12.8 Å². The van der Waals surface area contributed by atoms with Gasteiger partial charge in [-0.2, -0.15) is 4.98 Å². The summed E-state index contributed by atoms with van der Waals surface area (Å²) in [6.07, 6.45) is 3.61. The predicted molar refractivity (Wildman–Crippen MR) is 106 cm³/mol. The maximum absolute atomic E-state index is 14.1. The number of hydrogen-bond donors (Lipinski definition) is 1. The Morgan fingerprint density at radius 1 is 1.29 bits per heavy atom. The molecule has 1 saturated heterocycles. The second kappa shape index (κ2) is 8.17. The Morgan fingerprint density at radius 2 is 2.00 bits per heavy atom. The summed E-state index contributed by atoms with van der Waals surface area (Å²) < 4.78 is 47.1. The number of rotatable bonds is 7. The monoisotopic (exact) mass is 409 g/mol. The van der Waals surface area contributed by atoms with Gasteiger partial charge in [-0.05, 0) is 38.0 Å². The summed E-state index contributed by atoms with van der Waals surface area (Å²) in [5, 5.41) is 0. The molecule has 3 rings (SSSR count). The highest BCUT2D eigenvalue weighted by molar-refractivity contribution is 7.92. The highest BCUT2D eigenvalue weighted by Crippen LogP contribution is 2.28. The standard InChI is InChI=1S/C18H24FN5O3S/c1-4-27-16-8-7-13(11-14(16)19)28(25,26)22-15-12-20-18(21-17(15)23(2)3)24-9-5-6-10-24/h7-8,11-12,22H,4-6,9-10H2,1-3H3. The number of benzene rings is 1. The number of nitrogens with zero attached hydrogens (tertiary/aromatic N) is 4. The van der Waals surface area contributed by atoms with Gasteiger partial charge in [-0.25, -0.2) is 17.8 Å². The Hall–Kier alpha value is -2.62. The number of ether oxygens (including phenoxy) is 1. The van der Waals surface area contributed by atoms with E-state index in [1.54, 1.807) is 25.9 Å². The van der Waals surface area contributed by atoms with Crippen LogP contribution in [0.5, 0.6) is 5.75 Å². The van der Waals surface area contributed by atoms with E-state index >= 15 is 0 Å². The highest BCUT2D eigenvalue weighted by Gasteiger charge is 2.22. The minimum absolute atomic E-state index is 0.00808. The summed E-state index contributed by atoms with van der Waals surface area (Å²) in [5.41, 5.74) is 0.224. The van der Waals surface area contributed by atoms with Crippen LogP contribution in [-0.2, 0) is 10.0 Å². The minimum atomic E-state index is -4.02. The van der Waals surface area contributed by atoms with Crippen LogP contribution in [-0.4, -0.2) is 52.2 Å². The third-order valence-corrected chi connectivity index (χ3v) is 5.69. The van der Waals surface area contributed by atoms with E-state index in [2.05, 4.69) is 19.6 Å². The van der Waals surface area contributed by atoms with Gasteiger partial charge < -0.3 is 14.5 Å². The highest BCUT2D eigenvalue weighted by atomic mass is 32.2. The zero-order valence-electron chi connectivity index (χ0n) is 16.1. The summed E-state index contributed by atoms with van der Waals surface area (Å²) in [5.74, 6) is 0.273. The Bertz CT molecular complexity index is 946. The molecule has 2 heterocycles. The molecule has 2 aromatic rings. The summed E-state index contributed by atoms with van der Waals surface area (Å²) in [6, 6.07) is 3.53. The SMILES string of the molecule is CCOc1ccc(S(=O)(=O)Nc2cnc(N3CCCC3)nc2N(C)C)cc1F. The molecule has 0 saturated carbocycles. The molecule has 152 valence electrons. The first-order chi connectivity index (χ1) is 13.3. The van der Waals surface area contributed by atoms with Crippen molar-refractivity contribution < 1.29 is 17.5 Å². The van der Waals surface area contributed by atoms with Crippen molar-refractivity contribution in [1.82, 2.24) is 9.97 Å². The van der Waals surface area contributed by atoms with Crippen molar-refractivity contribution in [2.45, 2.75) is 24.7 Å². The number of sulfonamides is 1. The van der Waals surface area contributed by atoms with Gasteiger partial charge in [0.25, 0.3) is 10.0 Å². The summed E-state index contributed by atoms with van der Waals surface area (Å²) in [6.45, 7) is 3.77. The number of aromatic nitrogens is 2. The number of halogens is 1. The van der Waals surface area contributed by atoms with Crippen molar-refractivity contribution in [2.75, 3.05) is 48.3 Å². The molecule has 1 N–H and O–H groups in total. The third-order valence-electron chi connectivity index (χ3n) is 4.33. The lowest BCUT2D eigenvalue weighted by molar-refractivity contribution is 0.321. The van der Waals surface area contributed by atoms with Crippen molar-refractivity contribution in [2.24, 2.45) is 0 Å². The van der Waals surface area contributed by atoms with Gasteiger partial charge in [-0.3, -0.25) is 4.72 Å². The van der Waals surface area contributed by atoms with E-state index < -0.39 is 15.8 Å². The Labute approximate surface area is 164 Å². The molecule has 28 heavy (non-hydrogen) atoms. The predicted octanol–water partition coefficient (Wildman–Crippen LogP) is 2.48. The molecule has 8 nitrogen and oxygen atoms in total. The van der Waals surface area contributed by atoms with Crippen molar-refractivity contribution in [3.8, 4) is 5.75 Å². The van der Waals surface area contributed by atoms with E-state index in [0.29, 0.717) is 11.8 Å². The molecular formula is C18H24FN5O3S. The average molecular weight is 409 g/mol. The van der Waals surface area contributed by atoms with Gasteiger partial charge in [0.05, 0.1) is 17.7 Å². The van der Waals surface area contributed by atoms with Gasteiger partial charge >= 0.3 is 0 Å². The quantitative estimate of drug-likeness (QED) is 0.752. The summed E-state index contributed by atoms with van der Waals surface area (Å²) >= 11 is 0. The second-order valence-corrected chi connectivity index (χ2v) is 8.31. The fraction of sp³-hybridized carbons (Fsp3) is 0.444. The van der Waals surface area contributed by atoms with Crippen LogP contribution in [0.15, 0.2) is 29.3 Å². The van der Waals surface area contributed by atoms with Crippen LogP contribution in [0.3, 0.4) is 0 Å². The fourth-order valence-electron chi connectivity index (χ4n) is 2.97. The molecule has 0 spiro atoms. The second-order valence-electron chi connectivity index (χ2n) is 6.63. The smallest absolute Gasteiger partial charge is 0.262 e. The lowest BCUT2D eigenvalue weighted by Gasteiger charge is -2.21. The van der Waals surface area contributed by atoms with Gasteiger partial charge in [-0.1, -0.05) is 0 Å². The number of anilines is 3. The molecule has 0 atom stereocenters. The van der Waals surface area contributed by atoms with Crippen molar-refractivity contribution >= 4 is 27.5 Å². The minimum Gasteiger partial charge on any atom is -0.491 e. The molecule has 1 aliphatic heterocycles. The summed E-state index contributed by atoms with van der Waals surface area (Å²) in [4.78, 5) is 12.4. The van der Waals surface area contributed by atoms with Crippen molar-refractivity contribution in [3.05, 3.63) is 30.2 Å². The van der Waals surface area contributed by atoms with Crippen LogP contribution in [0.4, 0.5) is 21.8 Å². The Balaban J connectivity index is 1.90. The molecule has 1 aromatic carbocycles. The normalized spacial score (nSPS) is 14.2. The summed E-state index contributed by atoms with van der Waals surface area (Å²) in [7, 11) is -0.485.